The molecule has 0 fully saturated rings. The molecule has 1 unspecified atom stereocenters. The number of pyridine rings is 1. The van der Waals surface area contributed by atoms with Gasteiger partial charge in [-0.3, -0.25) is 9.78 Å². The topological polar surface area (TPSA) is 51.2 Å². The zero-order valence-corrected chi connectivity index (χ0v) is 12.6. The minimum Gasteiger partial charge on any atom is -0.497 e. The summed E-state index contributed by atoms with van der Waals surface area (Å²) in [5.41, 5.74) is 0.997. The average molecular weight is 284 g/mol. The van der Waals surface area contributed by atoms with Crippen molar-refractivity contribution in [3.05, 3.63) is 59.9 Å². The highest BCUT2D eigenvalue weighted by Gasteiger charge is 2.27. The number of aromatic nitrogens is 1. The summed E-state index contributed by atoms with van der Waals surface area (Å²) in [7, 11) is 1.57. The van der Waals surface area contributed by atoms with Gasteiger partial charge in [-0.25, -0.2) is 0 Å². The van der Waals surface area contributed by atoms with Gasteiger partial charge in [-0.05, 0) is 25.0 Å². The molecule has 1 amide bonds. The van der Waals surface area contributed by atoms with Gasteiger partial charge in [0.2, 0.25) is 0 Å². The van der Waals surface area contributed by atoms with Crippen LogP contribution in [0.2, 0.25) is 0 Å². The molecule has 1 N–H and O–H groups in total. The number of ether oxygens (including phenoxy) is 1. The van der Waals surface area contributed by atoms with Crippen LogP contribution < -0.4 is 10.1 Å². The van der Waals surface area contributed by atoms with E-state index in [4.69, 9.17) is 4.74 Å². The van der Waals surface area contributed by atoms with Crippen molar-refractivity contribution in [1.29, 1.82) is 0 Å². The fourth-order valence-corrected chi connectivity index (χ4v) is 2.15. The molecular weight excluding hydrogens is 264 g/mol. The summed E-state index contributed by atoms with van der Waals surface area (Å²) in [5, 5.41) is 3.07. The van der Waals surface area contributed by atoms with Gasteiger partial charge < -0.3 is 10.1 Å². The first-order valence-corrected chi connectivity index (χ1v) is 6.97. The second kappa shape index (κ2) is 6.39. The highest BCUT2D eigenvalue weighted by atomic mass is 16.5. The van der Waals surface area contributed by atoms with Gasteiger partial charge in [-0.15, -0.1) is 0 Å². The van der Waals surface area contributed by atoms with Crippen LogP contribution in [0.25, 0.3) is 0 Å². The van der Waals surface area contributed by atoms with Crippen molar-refractivity contribution in [3.8, 4) is 5.75 Å². The highest BCUT2D eigenvalue weighted by Crippen LogP contribution is 2.24. The Bertz CT molecular complexity index is 613. The number of carbonyl (C=O) groups excluding carboxylic acids is 1. The SMILES string of the molecule is CCC(C)(NC(=O)c1cc(OC)ccn1)c1ccccc1. The van der Waals surface area contributed by atoms with Crippen LogP contribution in [-0.4, -0.2) is 18.0 Å². The second-order valence-corrected chi connectivity index (χ2v) is 5.09. The lowest BCUT2D eigenvalue weighted by molar-refractivity contribution is 0.0896. The van der Waals surface area contributed by atoms with E-state index in [0.29, 0.717) is 11.4 Å². The summed E-state index contributed by atoms with van der Waals surface area (Å²) in [5.74, 6) is 0.412. The Balaban J connectivity index is 2.23. The van der Waals surface area contributed by atoms with E-state index in [9.17, 15) is 4.79 Å². The minimum absolute atomic E-state index is 0.206. The average Bonchev–Trinajstić information content (AvgIpc) is 2.55. The molecule has 1 heterocycles. The molecular formula is C17H20N2O2. The third-order valence-electron chi connectivity index (χ3n) is 3.71. The molecule has 2 aromatic rings. The molecule has 4 nitrogen and oxygen atoms in total. The van der Waals surface area contributed by atoms with Crippen molar-refractivity contribution in [3.63, 3.8) is 0 Å². The molecule has 0 saturated heterocycles. The van der Waals surface area contributed by atoms with E-state index < -0.39 is 5.54 Å². The van der Waals surface area contributed by atoms with E-state index >= 15 is 0 Å². The summed E-state index contributed by atoms with van der Waals surface area (Å²) >= 11 is 0. The van der Waals surface area contributed by atoms with E-state index in [2.05, 4.69) is 10.3 Å². The summed E-state index contributed by atoms with van der Waals surface area (Å²) < 4.78 is 5.13. The van der Waals surface area contributed by atoms with Crippen LogP contribution in [0.15, 0.2) is 48.7 Å². The van der Waals surface area contributed by atoms with Gasteiger partial charge in [-0.1, -0.05) is 37.3 Å². The monoisotopic (exact) mass is 284 g/mol. The first-order chi connectivity index (χ1) is 10.1. The lowest BCUT2D eigenvalue weighted by Crippen LogP contribution is -2.43. The predicted molar refractivity (Wildman–Crippen MR) is 82.3 cm³/mol. The number of benzene rings is 1. The molecule has 0 saturated carbocycles. The molecule has 0 bridgehead atoms. The predicted octanol–water partition coefficient (Wildman–Crippen LogP) is 3.15. The lowest BCUT2D eigenvalue weighted by atomic mass is 9.89. The van der Waals surface area contributed by atoms with Gasteiger partial charge in [0.25, 0.3) is 5.91 Å². The zero-order valence-electron chi connectivity index (χ0n) is 12.6. The van der Waals surface area contributed by atoms with Crippen molar-refractivity contribution in [1.82, 2.24) is 10.3 Å². The van der Waals surface area contributed by atoms with Crippen molar-refractivity contribution < 1.29 is 9.53 Å². The number of amides is 1. The van der Waals surface area contributed by atoms with Gasteiger partial charge in [-0.2, -0.15) is 0 Å². The number of nitrogens with zero attached hydrogens (tertiary/aromatic N) is 1. The Kier molecular flexibility index (Phi) is 4.58. The van der Waals surface area contributed by atoms with Crippen molar-refractivity contribution in [2.75, 3.05) is 7.11 Å². The van der Waals surface area contributed by atoms with E-state index in [1.165, 1.54) is 0 Å². The van der Waals surface area contributed by atoms with Gasteiger partial charge in [0.15, 0.2) is 0 Å². The van der Waals surface area contributed by atoms with Crippen LogP contribution in [0.4, 0.5) is 0 Å². The smallest absolute Gasteiger partial charge is 0.270 e. The minimum atomic E-state index is -0.427. The van der Waals surface area contributed by atoms with Crippen LogP contribution >= 0.6 is 0 Å². The Hall–Kier alpha value is -2.36. The number of nitrogens with one attached hydrogen (secondary N) is 1. The molecule has 1 aromatic carbocycles. The Morgan fingerprint density at radius 3 is 2.62 bits per heavy atom. The first-order valence-electron chi connectivity index (χ1n) is 6.97. The largest absolute Gasteiger partial charge is 0.497 e. The van der Waals surface area contributed by atoms with Crippen molar-refractivity contribution in [2.24, 2.45) is 0 Å². The summed E-state index contributed by atoms with van der Waals surface area (Å²) in [6.07, 6.45) is 2.35. The first kappa shape index (κ1) is 15.0. The number of hydrogen-bond donors (Lipinski definition) is 1. The molecule has 110 valence electrons. The number of carbonyl (C=O) groups is 1. The van der Waals surface area contributed by atoms with Crippen molar-refractivity contribution >= 4 is 5.91 Å². The summed E-state index contributed by atoms with van der Waals surface area (Å²) in [6.45, 7) is 4.06. The molecule has 0 aliphatic heterocycles. The van der Waals surface area contributed by atoms with E-state index in [0.717, 1.165) is 12.0 Å². The van der Waals surface area contributed by atoms with Crippen molar-refractivity contribution in [2.45, 2.75) is 25.8 Å². The molecule has 1 aromatic heterocycles. The van der Waals surface area contributed by atoms with Crippen LogP contribution in [0, 0.1) is 0 Å². The van der Waals surface area contributed by atoms with E-state index in [-0.39, 0.29) is 5.91 Å². The van der Waals surface area contributed by atoms with Crippen LogP contribution in [-0.2, 0) is 5.54 Å². The molecule has 2 rings (SSSR count). The van der Waals surface area contributed by atoms with Gasteiger partial charge in [0, 0.05) is 12.3 Å². The van der Waals surface area contributed by atoms with Gasteiger partial charge >= 0.3 is 0 Å². The zero-order chi connectivity index (χ0) is 15.3. The molecule has 4 heteroatoms. The fourth-order valence-electron chi connectivity index (χ4n) is 2.15. The van der Waals surface area contributed by atoms with Crippen LogP contribution in [0.3, 0.4) is 0 Å². The van der Waals surface area contributed by atoms with Gasteiger partial charge in [0.1, 0.15) is 11.4 Å². The molecule has 21 heavy (non-hydrogen) atoms. The number of rotatable bonds is 5. The molecule has 1 atom stereocenters. The quantitative estimate of drug-likeness (QED) is 0.917. The van der Waals surface area contributed by atoms with Crippen LogP contribution in [0.5, 0.6) is 5.75 Å². The third-order valence-corrected chi connectivity index (χ3v) is 3.71. The standard InChI is InChI=1S/C17H20N2O2/c1-4-17(2,13-8-6-5-7-9-13)19-16(20)15-12-14(21-3)10-11-18-15/h5-12H,4H2,1-3H3,(H,19,20). The Morgan fingerprint density at radius 2 is 2.00 bits per heavy atom. The summed E-state index contributed by atoms with van der Waals surface area (Å²) in [4.78, 5) is 16.5. The van der Waals surface area contributed by atoms with Crippen LogP contribution in [0.1, 0.15) is 36.3 Å². The maximum absolute atomic E-state index is 12.4. The fraction of sp³-hybridized carbons (Fsp3) is 0.294. The molecule has 0 aliphatic rings. The van der Waals surface area contributed by atoms with E-state index in [1.807, 2.05) is 44.2 Å². The van der Waals surface area contributed by atoms with E-state index in [1.54, 1.807) is 25.4 Å². The number of hydrogen-bond acceptors (Lipinski definition) is 3. The Labute approximate surface area is 125 Å². The summed E-state index contributed by atoms with van der Waals surface area (Å²) in [6, 6.07) is 13.3. The third kappa shape index (κ3) is 3.40. The molecule has 0 radical (unpaired) electrons. The van der Waals surface area contributed by atoms with Gasteiger partial charge in [0.05, 0.1) is 12.6 Å². The lowest BCUT2D eigenvalue weighted by Gasteiger charge is -2.30. The Morgan fingerprint density at radius 1 is 1.29 bits per heavy atom. The number of methoxy groups -OCH3 is 1. The normalized spacial score (nSPS) is 13.3. The maximum atomic E-state index is 12.4. The maximum Gasteiger partial charge on any atom is 0.270 e. The second-order valence-electron chi connectivity index (χ2n) is 5.09. The molecule has 0 spiro atoms. The highest BCUT2D eigenvalue weighted by molar-refractivity contribution is 5.93. The molecule has 0 aliphatic carbocycles.